The molecule has 0 aliphatic rings. The average Bonchev–Trinajstić information content (AvgIpc) is 2.88. The van der Waals surface area contributed by atoms with Crippen molar-refractivity contribution in [3.05, 3.63) is 52.5 Å². The highest BCUT2D eigenvalue weighted by molar-refractivity contribution is 7.09. The second kappa shape index (κ2) is 6.52. The molecule has 90 valence electrons. The van der Waals surface area contributed by atoms with Crippen LogP contribution < -0.4 is 0 Å². The molecule has 2 aromatic rings. The maximum absolute atomic E-state index is 9.89. The molecule has 0 amide bonds. The van der Waals surface area contributed by atoms with Crippen LogP contribution >= 0.6 is 11.3 Å². The molecule has 0 aliphatic carbocycles. The van der Waals surface area contributed by atoms with Gasteiger partial charge in [-0.2, -0.15) is 0 Å². The van der Waals surface area contributed by atoms with E-state index in [1.165, 1.54) is 10.4 Å². The first-order chi connectivity index (χ1) is 8.34. The molecule has 0 fully saturated rings. The molecule has 17 heavy (non-hydrogen) atoms. The first kappa shape index (κ1) is 12.3. The zero-order valence-electron chi connectivity index (χ0n) is 9.75. The topological polar surface area (TPSA) is 33.1 Å². The molecule has 0 radical (unpaired) electrons. The van der Waals surface area contributed by atoms with Gasteiger partial charge < -0.3 is 5.11 Å². The largest absolute Gasteiger partial charge is 0.393 e. The third-order valence-corrected chi connectivity index (χ3v) is 3.73. The molecule has 1 unspecified atom stereocenters. The van der Waals surface area contributed by atoms with Crippen molar-refractivity contribution in [2.45, 2.75) is 31.8 Å². The molecule has 0 aliphatic heterocycles. The summed E-state index contributed by atoms with van der Waals surface area (Å²) < 4.78 is 0. The van der Waals surface area contributed by atoms with Crippen LogP contribution in [0.4, 0.5) is 0 Å². The number of aryl methyl sites for hydroxylation is 2. The van der Waals surface area contributed by atoms with E-state index in [1.54, 1.807) is 17.5 Å². The van der Waals surface area contributed by atoms with Crippen molar-refractivity contribution in [2.24, 2.45) is 0 Å². The fraction of sp³-hybridized carbons (Fsp3) is 0.357. The van der Waals surface area contributed by atoms with E-state index >= 15 is 0 Å². The fourth-order valence-corrected chi connectivity index (χ4v) is 2.51. The minimum atomic E-state index is -0.211. The van der Waals surface area contributed by atoms with E-state index < -0.39 is 0 Å². The number of aliphatic hydroxyl groups is 1. The molecule has 1 atom stereocenters. The van der Waals surface area contributed by atoms with Crippen molar-refractivity contribution in [2.75, 3.05) is 0 Å². The van der Waals surface area contributed by atoms with Crippen molar-refractivity contribution < 1.29 is 5.11 Å². The van der Waals surface area contributed by atoms with Crippen LogP contribution in [0.1, 0.15) is 23.3 Å². The molecule has 0 spiro atoms. The van der Waals surface area contributed by atoms with Gasteiger partial charge in [0, 0.05) is 17.3 Å². The zero-order valence-corrected chi connectivity index (χ0v) is 10.6. The van der Waals surface area contributed by atoms with Crippen molar-refractivity contribution in [3.63, 3.8) is 0 Å². The number of aliphatic hydroxyl groups excluding tert-OH is 1. The zero-order chi connectivity index (χ0) is 11.9. The number of thiophene rings is 1. The van der Waals surface area contributed by atoms with Crippen LogP contribution in [0.15, 0.2) is 42.0 Å². The van der Waals surface area contributed by atoms with Gasteiger partial charge in [-0.25, -0.2) is 0 Å². The maximum Gasteiger partial charge on any atom is 0.0546 e. The standard InChI is InChI=1S/C14H17NOS/c16-13(7-8-14-4-2-10-17-14)6-5-12-3-1-9-15-11-12/h1-4,9-11,13,16H,5-8H2. The minimum absolute atomic E-state index is 0.211. The highest BCUT2D eigenvalue weighted by Gasteiger charge is 2.05. The minimum Gasteiger partial charge on any atom is -0.393 e. The number of hydrogen-bond acceptors (Lipinski definition) is 3. The second-order valence-corrected chi connectivity index (χ2v) is 5.20. The number of nitrogens with zero attached hydrogens (tertiary/aromatic N) is 1. The van der Waals surface area contributed by atoms with Gasteiger partial charge in [0.15, 0.2) is 0 Å². The van der Waals surface area contributed by atoms with Crippen LogP contribution in [-0.2, 0) is 12.8 Å². The van der Waals surface area contributed by atoms with Gasteiger partial charge in [-0.1, -0.05) is 12.1 Å². The lowest BCUT2D eigenvalue weighted by Gasteiger charge is -2.09. The number of rotatable bonds is 6. The Morgan fingerprint density at radius 2 is 2.06 bits per heavy atom. The Labute approximate surface area is 106 Å². The summed E-state index contributed by atoms with van der Waals surface area (Å²) in [6.07, 6.45) is 6.98. The Kier molecular flexibility index (Phi) is 4.71. The first-order valence-electron chi connectivity index (χ1n) is 5.94. The molecule has 0 saturated carbocycles. The normalized spacial score (nSPS) is 12.5. The lowest BCUT2D eigenvalue weighted by atomic mass is 10.0. The summed E-state index contributed by atoms with van der Waals surface area (Å²) in [6.45, 7) is 0. The summed E-state index contributed by atoms with van der Waals surface area (Å²) in [4.78, 5) is 5.42. The third kappa shape index (κ3) is 4.29. The van der Waals surface area contributed by atoms with E-state index in [4.69, 9.17) is 0 Å². The summed E-state index contributed by atoms with van der Waals surface area (Å²) in [5.74, 6) is 0. The highest BCUT2D eigenvalue weighted by Crippen LogP contribution is 2.14. The molecule has 2 heterocycles. The Bertz CT molecular complexity index is 413. The van der Waals surface area contributed by atoms with Crippen LogP contribution in [-0.4, -0.2) is 16.2 Å². The van der Waals surface area contributed by atoms with Gasteiger partial charge in [-0.05, 0) is 48.8 Å². The van der Waals surface area contributed by atoms with Crippen LogP contribution in [0.2, 0.25) is 0 Å². The van der Waals surface area contributed by atoms with Crippen LogP contribution in [0, 0.1) is 0 Å². The van der Waals surface area contributed by atoms with E-state index in [9.17, 15) is 5.11 Å². The van der Waals surface area contributed by atoms with E-state index in [1.807, 2.05) is 12.3 Å². The van der Waals surface area contributed by atoms with E-state index in [2.05, 4.69) is 28.6 Å². The van der Waals surface area contributed by atoms with Crippen molar-refractivity contribution >= 4 is 11.3 Å². The van der Waals surface area contributed by atoms with Gasteiger partial charge >= 0.3 is 0 Å². The third-order valence-electron chi connectivity index (χ3n) is 2.79. The average molecular weight is 247 g/mol. The lowest BCUT2D eigenvalue weighted by molar-refractivity contribution is 0.155. The van der Waals surface area contributed by atoms with E-state index in [-0.39, 0.29) is 6.10 Å². The monoisotopic (exact) mass is 247 g/mol. The van der Waals surface area contributed by atoms with Crippen LogP contribution in [0.25, 0.3) is 0 Å². The molecule has 1 N–H and O–H groups in total. The van der Waals surface area contributed by atoms with Gasteiger partial charge in [0.2, 0.25) is 0 Å². The highest BCUT2D eigenvalue weighted by atomic mass is 32.1. The summed E-state index contributed by atoms with van der Waals surface area (Å²) in [6, 6.07) is 8.17. The van der Waals surface area contributed by atoms with Gasteiger partial charge in [0.25, 0.3) is 0 Å². The second-order valence-electron chi connectivity index (χ2n) is 4.17. The summed E-state index contributed by atoms with van der Waals surface area (Å²) in [7, 11) is 0. The smallest absolute Gasteiger partial charge is 0.0546 e. The molecule has 0 aromatic carbocycles. The fourth-order valence-electron chi connectivity index (χ4n) is 1.79. The molecule has 3 heteroatoms. The molecule has 2 nitrogen and oxygen atoms in total. The molecular formula is C14H17NOS. The van der Waals surface area contributed by atoms with Gasteiger partial charge in [0.05, 0.1) is 6.10 Å². The summed E-state index contributed by atoms with van der Waals surface area (Å²) >= 11 is 1.76. The van der Waals surface area contributed by atoms with Gasteiger partial charge in [-0.15, -0.1) is 11.3 Å². The lowest BCUT2D eigenvalue weighted by Crippen LogP contribution is -2.09. The summed E-state index contributed by atoms with van der Waals surface area (Å²) in [5, 5.41) is 12.0. The van der Waals surface area contributed by atoms with E-state index in [0.717, 1.165) is 25.7 Å². The number of pyridine rings is 1. The van der Waals surface area contributed by atoms with Crippen molar-refractivity contribution in [1.29, 1.82) is 0 Å². The Morgan fingerprint density at radius 3 is 2.76 bits per heavy atom. The quantitative estimate of drug-likeness (QED) is 0.851. The van der Waals surface area contributed by atoms with E-state index in [0.29, 0.717) is 0 Å². The predicted octanol–water partition coefficient (Wildman–Crippen LogP) is 3.07. The molecule has 2 aromatic heterocycles. The first-order valence-corrected chi connectivity index (χ1v) is 6.82. The maximum atomic E-state index is 9.89. The van der Waals surface area contributed by atoms with Crippen molar-refractivity contribution in [1.82, 2.24) is 4.98 Å². The molecule has 0 saturated heterocycles. The predicted molar refractivity (Wildman–Crippen MR) is 71.2 cm³/mol. The Balaban J connectivity index is 1.69. The van der Waals surface area contributed by atoms with Crippen LogP contribution in [0.3, 0.4) is 0 Å². The summed E-state index contributed by atoms with van der Waals surface area (Å²) in [5.41, 5.74) is 1.20. The Hall–Kier alpha value is -1.19. The number of aromatic nitrogens is 1. The van der Waals surface area contributed by atoms with Crippen molar-refractivity contribution in [3.8, 4) is 0 Å². The SMILES string of the molecule is OC(CCc1cccnc1)CCc1cccs1. The number of hydrogen-bond donors (Lipinski definition) is 1. The molecule has 0 bridgehead atoms. The van der Waals surface area contributed by atoms with Gasteiger partial charge in [0.1, 0.15) is 0 Å². The molecular weight excluding hydrogens is 230 g/mol. The van der Waals surface area contributed by atoms with Crippen LogP contribution in [0.5, 0.6) is 0 Å². The Morgan fingerprint density at radius 1 is 1.18 bits per heavy atom. The molecule has 2 rings (SSSR count). The van der Waals surface area contributed by atoms with Gasteiger partial charge in [-0.3, -0.25) is 4.98 Å².